The molecule has 4 nitrogen and oxygen atoms in total. The fourth-order valence-electron chi connectivity index (χ4n) is 3.83. The van der Waals surface area contributed by atoms with E-state index in [4.69, 9.17) is 11.6 Å². The third kappa shape index (κ3) is 6.60. The number of aryl methyl sites for hydroxylation is 1. The van der Waals surface area contributed by atoms with Gasteiger partial charge in [-0.3, -0.25) is 9.59 Å². The van der Waals surface area contributed by atoms with Crippen molar-refractivity contribution in [2.24, 2.45) is 5.92 Å². The minimum Gasteiger partial charge on any atom is -0.353 e. The van der Waals surface area contributed by atoms with Crippen molar-refractivity contribution in [2.45, 2.75) is 45.1 Å². The van der Waals surface area contributed by atoms with Crippen LogP contribution in [0.25, 0.3) is 0 Å². The third-order valence-electron chi connectivity index (χ3n) is 5.53. The molecule has 0 unspecified atom stereocenters. The van der Waals surface area contributed by atoms with E-state index in [1.54, 1.807) is 0 Å². The molecule has 2 amide bonds. The highest BCUT2D eigenvalue weighted by Gasteiger charge is 2.27. The highest BCUT2D eigenvalue weighted by molar-refractivity contribution is 6.30. The van der Waals surface area contributed by atoms with Gasteiger partial charge in [0.1, 0.15) is 0 Å². The summed E-state index contributed by atoms with van der Waals surface area (Å²) in [5, 5.41) is 3.85. The van der Waals surface area contributed by atoms with Gasteiger partial charge in [-0.2, -0.15) is 0 Å². The van der Waals surface area contributed by atoms with E-state index in [-0.39, 0.29) is 23.8 Å². The Kier molecular flexibility index (Phi) is 7.70. The number of likely N-dealkylation sites (tertiary alicyclic amines) is 1. The number of rotatable bonds is 7. The molecule has 154 valence electrons. The fourth-order valence-corrected chi connectivity index (χ4v) is 3.96. The SMILES string of the molecule is C[C@@H](Cc1ccc(Cl)cc1)NC(=O)C1CCN(C(=O)CCc2ccccc2)CC1. The minimum absolute atomic E-state index is 0.0131. The first-order valence-electron chi connectivity index (χ1n) is 10.4. The van der Waals surface area contributed by atoms with Crippen LogP contribution in [0.2, 0.25) is 5.02 Å². The van der Waals surface area contributed by atoms with Crippen LogP contribution in [-0.4, -0.2) is 35.8 Å². The Morgan fingerprint density at radius 3 is 2.34 bits per heavy atom. The molecule has 5 heteroatoms. The van der Waals surface area contributed by atoms with Gasteiger partial charge in [0.05, 0.1) is 0 Å². The number of amides is 2. The summed E-state index contributed by atoms with van der Waals surface area (Å²) in [7, 11) is 0. The molecule has 2 aromatic rings. The van der Waals surface area contributed by atoms with Crippen LogP contribution >= 0.6 is 11.6 Å². The van der Waals surface area contributed by atoms with Crippen LogP contribution in [0.5, 0.6) is 0 Å². The summed E-state index contributed by atoms with van der Waals surface area (Å²) >= 11 is 5.92. The van der Waals surface area contributed by atoms with Crippen molar-refractivity contribution in [2.75, 3.05) is 13.1 Å². The summed E-state index contributed by atoms with van der Waals surface area (Å²) in [4.78, 5) is 27.0. The van der Waals surface area contributed by atoms with Crippen LogP contribution in [-0.2, 0) is 22.4 Å². The van der Waals surface area contributed by atoms with Crippen molar-refractivity contribution >= 4 is 23.4 Å². The molecule has 1 atom stereocenters. The van der Waals surface area contributed by atoms with Gasteiger partial charge in [0.25, 0.3) is 0 Å². The Morgan fingerprint density at radius 2 is 1.69 bits per heavy atom. The highest BCUT2D eigenvalue weighted by atomic mass is 35.5. The lowest BCUT2D eigenvalue weighted by atomic mass is 9.94. The molecule has 1 aliphatic heterocycles. The molecule has 1 saturated heterocycles. The maximum atomic E-state index is 12.6. The van der Waals surface area contributed by atoms with Crippen LogP contribution < -0.4 is 5.32 Å². The van der Waals surface area contributed by atoms with Crippen molar-refractivity contribution < 1.29 is 9.59 Å². The quantitative estimate of drug-likeness (QED) is 0.738. The molecule has 2 aromatic carbocycles. The molecule has 0 bridgehead atoms. The molecular weight excluding hydrogens is 384 g/mol. The zero-order valence-electron chi connectivity index (χ0n) is 16.9. The normalized spacial score (nSPS) is 15.7. The summed E-state index contributed by atoms with van der Waals surface area (Å²) in [6.07, 6.45) is 3.54. The van der Waals surface area contributed by atoms with E-state index in [2.05, 4.69) is 17.4 Å². The van der Waals surface area contributed by atoms with Gasteiger partial charge in [0.2, 0.25) is 11.8 Å². The average molecular weight is 413 g/mol. The third-order valence-corrected chi connectivity index (χ3v) is 5.78. The molecule has 0 radical (unpaired) electrons. The van der Waals surface area contributed by atoms with Crippen molar-refractivity contribution in [3.63, 3.8) is 0 Å². The molecule has 0 aliphatic carbocycles. The van der Waals surface area contributed by atoms with Gasteiger partial charge in [-0.25, -0.2) is 0 Å². The second-order valence-electron chi connectivity index (χ2n) is 7.88. The van der Waals surface area contributed by atoms with Gasteiger partial charge in [0, 0.05) is 36.5 Å². The Labute approximate surface area is 178 Å². The first-order valence-corrected chi connectivity index (χ1v) is 10.8. The van der Waals surface area contributed by atoms with Gasteiger partial charge < -0.3 is 10.2 Å². The molecule has 1 aliphatic rings. The Bertz CT molecular complexity index is 799. The predicted molar refractivity (Wildman–Crippen MR) is 117 cm³/mol. The van der Waals surface area contributed by atoms with Gasteiger partial charge in [-0.15, -0.1) is 0 Å². The Balaban J connectivity index is 1.39. The van der Waals surface area contributed by atoms with Gasteiger partial charge in [0.15, 0.2) is 0 Å². The lowest BCUT2D eigenvalue weighted by Crippen LogP contribution is -2.45. The van der Waals surface area contributed by atoms with Crippen LogP contribution in [0.4, 0.5) is 0 Å². The zero-order chi connectivity index (χ0) is 20.6. The lowest BCUT2D eigenvalue weighted by molar-refractivity contribution is -0.135. The van der Waals surface area contributed by atoms with E-state index >= 15 is 0 Å². The number of benzene rings is 2. The van der Waals surface area contributed by atoms with Crippen molar-refractivity contribution in [1.82, 2.24) is 10.2 Å². The Hall–Kier alpha value is -2.33. The summed E-state index contributed by atoms with van der Waals surface area (Å²) in [6.45, 7) is 3.35. The lowest BCUT2D eigenvalue weighted by Gasteiger charge is -2.32. The number of halogens is 1. The minimum atomic E-state index is -0.0131. The fraction of sp³-hybridized carbons (Fsp3) is 0.417. The van der Waals surface area contributed by atoms with Crippen molar-refractivity contribution in [3.05, 3.63) is 70.7 Å². The van der Waals surface area contributed by atoms with Crippen LogP contribution in [0.15, 0.2) is 54.6 Å². The van der Waals surface area contributed by atoms with Crippen molar-refractivity contribution in [1.29, 1.82) is 0 Å². The Morgan fingerprint density at radius 1 is 1.03 bits per heavy atom. The highest BCUT2D eigenvalue weighted by Crippen LogP contribution is 2.19. The topological polar surface area (TPSA) is 49.4 Å². The van der Waals surface area contributed by atoms with E-state index in [9.17, 15) is 9.59 Å². The second-order valence-corrected chi connectivity index (χ2v) is 8.32. The number of carbonyl (C=O) groups excluding carboxylic acids is 2. The number of hydrogen-bond acceptors (Lipinski definition) is 2. The maximum absolute atomic E-state index is 12.6. The first kappa shape index (κ1) is 21.4. The molecule has 0 aromatic heterocycles. The molecule has 1 N–H and O–H groups in total. The van der Waals surface area contributed by atoms with Gasteiger partial charge >= 0.3 is 0 Å². The molecule has 3 rings (SSSR count). The number of hydrogen-bond donors (Lipinski definition) is 1. The van der Waals surface area contributed by atoms with E-state index in [1.165, 1.54) is 5.56 Å². The zero-order valence-corrected chi connectivity index (χ0v) is 17.7. The second kappa shape index (κ2) is 10.4. The molecule has 0 spiro atoms. The number of piperidine rings is 1. The van der Waals surface area contributed by atoms with Crippen molar-refractivity contribution in [3.8, 4) is 0 Å². The monoisotopic (exact) mass is 412 g/mol. The molecule has 1 heterocycles. The maximum Gasteiger partial charge on any atom is 0.223 e. The molecule has 1 fully saturated rings. The number of carbonyl (C=O) groups is 2. The molecule has 29 heavy (non-hydrogen) atoms. The summed E-state index contributed by atoms with van der Waals surface area (Å²) in [5.74, 6) is 0.271. The largest absolute Gasteiger partial charge is 0.353 e. The molecular formula is C24H29ClN2O2. The predicted octanol–water partition coefficient (Wildman–Crippen LogP) is 4.26. The van der Waals surface area contributed by atoms with Gasteiger partial charge in [-0.05, 0) is 55.9 Å². The standard InChI is InChI=1S/C24H29ClN2O2/c1-18(17-20-7-10-22(25)11-8-20)26-24(29)21-13-15-27(16-14-21)23(28)12-9-19-5-3-2-4-6-19/h2-8,10-11,18,21H,9,12-17H2,1H3,(H,26,29)/t18-/m0/s1. The van der Waals surface area contributed by atoms with E-state index in [1.807, 2.05) is 54.3 Å². The summed E-state index contributed by atoms with van der Waals surface area (Å²) in [5.41, 5.74) is 2.34. The summed E-state index contributed by atoms with van der Waals surface area (Å²) < 4.78 is 0. The number of nitrogens with zero attached hydrogens (tertiary/aromatic N) is 1. The van der Waals surface area contributed by atoms with E-state index in [0.29, 0.717) is 19.5 Å². The smallest absolute Gasteiger partial charge is 0.223 e. The van der Waals surface area contributed by atoms with E-state index in [0.717, 1.165) is 36.3 Å². The van der Waals surface area contributed by atoms with Crippen LogP contribution in [0.3, 0.4) is 0 Å². The first-order chi connectivity index (χ1) is 14.0. The summed E-state index contributed by atoms with van der Waals surface area (Å²) in [6, 6.07) is 17.9. The van der Waals surface area contributed by atoms with E-state index < -0.39 is 0 Å². The number of nitrogens with one attached hydrogen (secondary N) is 1. The average Bonchev–Trinajstić information content (AvgIpc) is 2.74. The van der Waals surface area contributed by atoms with Crippen LogP contribution in [0.1, 0.15) is 37.3 Å². The van der Waals surface area contributed by atoms with Gasteiger partial charge in [-0.1, -0.05) is 54.1 Å². The van der Waals surface area contributed by atoms with Crippen LogP contribution in [0, 0.1) is 5.92 Å². The molecule has 0 saturated carbocycles.